The Kier molecular flexibility index (Phi) is 6.28. The van der Waals surface area contributed by atoms with Gasteiger partial charge in [0.05, 0.1) is 18.7 Å². The first-order valence-corrected chi connectivity index (χ1v) is 11.7. The quantitative estimate of drug-likeness (QED) is 0.279. The van der Waals surface area contributed by atoms with E-state index in [2.05, 4.69) is 20.8 Å². The van der Waals surface area contributed by atoms with E-state index in [0.29, 0.717) is 22.6 Å². The molecule has 1 N–H and O–H groups in total. The number of aliphatic hydroxyl groups is 1. The topological polar surface area (TPSA) is 66.8 Å². The van der Waals surface area contributed by atoms with Gasteiger partial charge in [0, 0.05) is 11.3 Å². The van der Waals surface area contributed by atoms with Crippen LogP contribution in [0.25, 0.3) is 5.76 Å². The molecule has 1 aliphatic rings. The molecule has 180 valence electrons. The van der Waals surface area contributed by atoms with E-state index in [1.165, 1.54) is 4.90 Å². The number of methoxy groups -OCH3 is 1. The number of Topliss-reactive ketones (excluding diaryl/α,β-unsaturated/α-hetero) is 1. The summed E-state index contributed by atoms with van der Waals surface area (Å²) in [5.41, 5.74) is 4.77. The summed E-state index contributed by atoms with van der Waals surface area (Å²) in [6.45, 7) is 10.2. The molecule has 5 heteroatoms. The number of hydrogen-bond acceptors (Lipinski definition) is 4. The number of nitrogens with zero attached hydrogens (tertiary/aromatic N) is 1. The SMILES string of the molecule is COc1ccc(C2/C(=C(\O)c3cc(C)ccc3C)C(=O)C(=O)N2c2ccc(C(C)(C)C)cc2)cc1. The molecule has 3 aromatic rings. The molecule has 1 aliphatic heterocycles. The van der Waals surface area contributed by atoms with Crippen LogP contribution in [0, 0.1) is 13.8 Å². The van der Waals surface area contributed by atoms with Crippen LogP contribution < -0.4 is 9.64 Å². The number of carbonyl (C=O) groups excluding carboxylic acids is 2. The number of aliphatic hydroxyl groups excluding tert-OH is 1. The van der Waals surface area contributed by atoms with Crippen molar-refractivity contribution in [2.75, 3.05) is 12.0 Å². The molecule has 5 nitrogen and oxygen atoms in total. The highest BCUT2D eigenvalue weighted by Gasteiger charge is 2.47. The molecule has 3 aromatic carbocycles. The molecule has 0 radical (unpaired) electrons. The van der Waals surface area contributed by atoms with Crippen LogP contribution in [0.15, 0.2) is 72.3 Å². The lowest BCUT2D eigenvalue weighted by Gasteiger charge is -2.27. The van der Waals surface area contributed by atoms with Crippen molar-refractivity contribution in [2.45, 2.75) is 46.1 Å². The lowest BCUT2D eigenvalue weighted by molar-refractivity contribution is -0.132. The molecule has 4 rings (SSSR count). The monoisotopic (exact) mass is 469 g/mol. The Morgan fingerprint density at radius 1 is 0.914 bits per heavy atom. The molecule has 1 atom stereocenters. The fourth-order valence-electron chi connectivity index (χ4n) is 4.46. The van der Waals surface area contributed by atoms with E-state index in [4.69, 9.17) is 4.74 Å². The molecule has 35 heavy (non-hydrogen) atoms. The molecule has 0 saturated carbocycles. The number of carbonyl (C=O) groups is 2. The molecular weight excluding hydrogens is 438 g/mol. The highest BCUT2D eigenvalue weighted by molar-refractivity contribution is 6.51. The molecular formula is C30H31NO4. The normalized spacial score (nSPS) is 17.7. The Hall–Kier alpha value is -3.86. The first kappa shape index (κ1) is 24.3. The Bertz CT molecular complexity index is 1310. The summed E-state index contributed by atoms with van der Waals surface area (Å²) in [4.78, 5) is 28.3. The molecule has 0 aromatic heterocycles. The summed E-state index contributed by atoms with van der Waals surface area (Å²) < 4.78 is 5.29. The minimum Gasteiger partial charge on any atom is -0.507 e. The van der Waals surface area contributed by atoms with Crippen molar-refractivity contribution in [1.29, 1.82) is 0 Å². The number of hydrogen-bond donors (Lipinski definition) is 1. The highest BCUT2D eigenvalue weighted by atomic mass is 16.5. The lowest BCUT2D eigenvalue weighted by Crippen LogP contribution is -2.29. The third-order valence-electron chi connectivity index (χ3n) is 6.54. The zero-order valence-electron chi connectivity index (χ0n) is 21.0. The van der Waals surface area contributed by atoms with Crippen LogP contribution in [0.5, 0.6) is 5.75 Å². The van der Waals surface area contributed by atoms with E-state index < -0.39 is 17.7 Å². The molecule has 1 saturated heterocycles. The lowest BCUT2D eigenvalue weighted by atomic mass is 9.87. The minimum atomic E-state index is -0.777. The highest BCUT2D eigenvalue weighted by Crippen LogP contribution is 2.43. The van der Waals surface area contributed by atoms with Gasteiger partial charge in [0.25, 0.3) is 11.7 Å². The standard InChI is InChI=1S/C30H31NO4/c1-18-7-8-19(2)24(17-18)27(32)25-26(20-9-15-23(35-6)16-10-20)31(29(34)28(25)33)22-13-11-21(12-14-22)30(3,4)5/h7-17,26,32H,1-6H3/b27-25+. The van der Waals surface area contributed by atoms with Crippen molar-refractivity contribution in [2.24, 2.45) is 0 Å². The number of benzene rings is 3. The Morgan fingerprint density at radius 3 is 2.11 bits per heavy atom. The van der Waals surface area contributed by atoms with Crippen molar-refractivity contribution in [3.8, 4) is 5.75 Å². The summed E-state index contributed by atoms with van der Waals surface area (Å²) >= 11 is 0. The van der Waals surface area contributed by atoms with Crippen molar-refractivity contribution in [1.82, 2.24) is 0 Å². The van der Waals surface area contributed by atoms with Gasteiger partial charge in [-0.3, -0.25) is 14.5 Å². The summed E-state index contributed by atoms with van der Waals surface area (Å²) in [5.74, 6) is -0.876. The molecule has 1 heterocycles. The Balaban J connectivity index is 1.93. The maximum Gasteiger partial charge on any atom is 0.300 e. The number of anilines is 1. The van der Waals surface area contributed by atoms with E-state index in [0.717, 1.165) is 16.7 Å². The maximum absolute atomic E-state index is 13.4. The van der Waals surface area contributed by atoms with Crippen LogP contribution in [-0.2, 0) is 15.0 Å². The van der Waals surface area contributed by atoms with E-state index in [9.17, 15) is 14.7 Å². The second-order valence-corrected chi connectivity index (χ2v) is 10.1. The van der Waals surface area contributed by atoms with Crippen molar-refractivity contribution >= 4 is 23.1 Å². The van der Waals surface area contributed by atoms with E-state index in [1.807, 2.05) is 68.4 Å². The molecule has 1 amide bonds. The number of amides is 1. The number of ether oxygens (including phenoxy) is 1. The number of ketones is 1. The zero-order chi connectivity index (χ0) is 25.5. The largest absolute Gasteiger partial charge is 0.507 e. The molecule has 1 fully saturated rings. The maximum atomic E-state index is 13.4. The van der Waals surface area contributed by atoms with Gasteiger partial charge in [0.2, 0.25) is 0 Å². The van der Waals surface area contributed by atoms with Crippen molar-refractivity contribution in [3.63, 3.8) is 0 Å². The Morgan fingerprint density at radius 2 is 1.54 bits per heavy atom. The van der Waals surface area contributed by atoms with Gasteiger partial charge in [-0.25, -0.2) is 0 Å². The third kappa shape index (κ3) is 4.46. The first-order valence-electron chi connectivity index (χ1n) is 11.7. The van der Waals surface area contributed by atoms with Gasteiger partial charge in [-0.2, -0.15) is 0 Å². The van der Waals surface area contributed by atoms with Crippen LogP contribution in [0.3, 0.4) is 0 Å². The number of aryl methyl sites for hydroxylation is 2. The summed E-state index contributed by atoms with van der Waals surface area (Å²) in [6.07, 6.45) is 0. The zero-order valence-corrected chi connectivity index (χ0v) is 21.0. The first-order chi connectivity index (χ1) is 16.5. The van der Waals surface area contributed by atoms with Crippen LogP contribution in [0.1, 0.15) is 54.6 Å². The van der Waals surface area contributed by atoms with Gasteiger partial charge in [-0.1, -0.05) is 62.7 Å². The van der Waals surface area contributed by atoms with Crippen LogP contribution in [-0.4, -0.2) is 23.9 Å². The Labute approximate surface area is 206 Å². The third-order valence-corrected chi connectivity index (χ3v) is 6.54. The second kappa shape index (κ2) is 9.06. The smallest absolute Gasteiger partial charge is 0.300 e. The summed E-state index contributed by atoms with van der Waals surface area (Å²) in [6, 6.07) is 19.8. The predicted octanol–water partition coefficient (Wildman–Crippen LogP) is 6.24. The summed E-state index contributed by atoms with van der Waals surface area (Å²) in [7, 11) is 1.58. The average Bonchev–Trinajstić information content (AvgIpc) is 3.10. The molecule has 0 bridgehead atoms. The fraction of sp³-hybridized carbons (Fsp3) is 0.267. The molecule has 1 unspecified atom stereocenters. The molecule has 0 spiro atoms. The fourth-order valence-corrected chi connectivity index (χ4v) is 4.46. The van der Waals surface area contributed by atoms with Gasteiger partial charge >= 0.3 is 0 Å². The van der Waals surface area contributed by atoms with Gasteiger partial charge < -0.3 is 9.84 Å². The van der Waals surface area contributed by atoms with Crippen LogP contribution in [0.4, 0.5) is 5.69 Å². The number of rotatable bonds is 4. The average molecular weight is 470 g/mol. The van der Waals surface area contributed by atoms with Crippen molar-refractivity contribution < 1.29 is 19.4 Å². The minimum absolute atomic E-state index is 0.0508. The van der Waals surface area contributed by atoms with E-state index in [1.54, 1.807) is 19.2 Å². The predicted molar refractivity (Wildman–Crippen MR) is 139 cm³/mol. The van der Waals surface area contributed by atoms with Gasteiger partial charge in [0.1, 0.15) is 11.5 Å². The van der Waals surface area contributed by atoms with E-state index >= 15 is 0 Å². The van der Waals surface area contributed by atoms with Gasteiger partial charge in [-0.15, -0.1) is 0 Å². The summed E-state index contributed by atoms with van der Waals surface area (Å²) in [5, 5.41) is 11.4. The van der Waals surface area contributed by atoms with Crippen molar-refractivity contribution in [3.05, 3.63) is 100 Å². The molecule has 0 aliphatic carbocycles. The van der Waals surface area contributed by atoms with Crippen LogP contribution >= 0.6 is 0 Å². The van der Waals surface area contributed by atoms with E-state index in [-0.39, 0.29) is 16.7 Å². The van der Waals surface area contributed by atoms with Crippen LogP contribution in [0.2, 0.25) is 0 Å². The van der Waals surface area contributed by atoms with Gasteiger partial charge in [0.15, 0.2) is 0 Å². The van der Waals surface area contributed by atoms with Gasteiger partial charge in [-0.05, 0) is 66.3 Å². The second-order valence-electron chi connectivity index (χ2n) is 10.1.